The molecular formula is C19H22N2O3. The number of hydrogen-bond donors (Lipinski definition) is 2. The summed E-state index contributed by atoms with van der Waals surface area (Å²) in [6.07, 6.45) is 0.196. The van der Waals surface area contributed by atoms with Crippen molar-refractivity contribution in [1.29, 1.82) is 0 Å². The maximum Gasteiger partial charge on any atom is 0.322 e. The first-order valence-corrected chi connectivity index (χ1v) is 8.13. The van der Waals surface area contributed by atoms with Crippen LogP contribution < -0.4 is 10.1 Å². The van der Waals surface area contributed by atoms with E-state index in [1.165, 1.54) is 0 Å². The Labute approximate surface area is 141 Å². The fourth-order valence-electron chi connectivity index (χ4n) is 2.71. The number of amides is 2. The summed E-state index contributed by atoms with van der Waals surface area (Å²) in [4.78, 5) is 13.9. The maximum absolute atomic E-state index is 12.3. The van der Waals surface area contributed by atoms with Gasteiger partial charge in [-0.3, -0.25) is 0 Å². The third-order valence-electron chi connectivity index (χ3n) is 4.07. The number of β-amino-alcohol motifs (C(OH)–C–C–N with tert-alkyl or cyclic N) is 1. The van der Waals surface area contributed by atoms with E-state index in [0.717, 1.165) is 11.1 Å². The molecule has 2 aromatic carbocycles. The van der Waals surface area contributed by atoms with Gasteiger partial charge in [0.1, 0.15) is 12.4 Å². The highest BCUT2D eigenvalue weighted by atomic mass is 16.5. The zero-order valence-corrected chi connectivity index (χ0v) is 13.7. The number of aliphatic hydroxyl groups is 1. The number of benzene rings is 2. The van der Waals surface area contributed by atoms with Crippen LogP contribution in [0.5, 0.6) is 5.75 Å². The SMILES string of the molecule is Cc1ccc(NC(=O)N2CC[C@@H](O)C2)c(OCc2ccccc2)c1. The summed E-state index contributed by atoms with van der Waals surface area (Å²) in [5.74, 6) is 0.645. The predicted octanol–water partition coefficient (Wildman–Crippen LogP) is 3.17. The van der Waals surface area contributed by atoms with Crippen LogP contribution in [0.25, 0.3) is 0 Å². The van der Waals surface area contributed by atoms with Crippen LogP contribution in [0.3, 0.4) is 0 Å². The van der Waals surface area contributed by atoms with Crippen molar-refractivity contribution in [3.8, 4) is 5.75 Å². The lowest BCUT2D eigenvalue weighted by molar-refractivity contribution is 0.176. The summed E-state index contributed by atoms with van der Waals surface area (Å²) < 4.78 is 5.91. The number of carbonyl (C=O) groups is 1. The number of carbonyl (C=O) groups excluding carboxylic acids is 1. The average molecular weight is 326 g/mol. The van der Waals surface area contributed by atoms with E-state index in [4.69, 9.17) is 4.74 Å². The van der Waals surface area contributed by atoms with Gasteiger partial charge in [0.25, 0.3) is 0 Å². The number of anilines is 1. The van der Waals surface area contributed by atoms with E-state index in [2.05, 4.69) is 5.32 Å². The molecule has 126 valence electrons. The van der Waals surface area contributed by atoms with Gasteiger partial charge >= 0.3 is 6.03 Å². The van der Waals surface area contributed by atoms with Crippen molar-refractivity contribution in [1.82, 2.24) is 4.90 Å². The van der Waals surface area contributed by atoms with Crippen molar-refractivity contribution in [2.75, 3.05) is 18.4 Å². The molecule has 0 unspecified atom stereocenters. The lowest BCUT2D eigenvalue weighted by atomic mass is 10.2. The van der Waals surface area contributed by atoms with Gasteiger partial charge in [-0.15, -0.1) is 0 Å². The van der Waals surface area contributed by atoms with E-state index in [-0.39, 0.29) is 6.03 Å². The molecule has 2 N–H and O–H groups in total. The summed E-state index contributed by atoms with van der Waals surface area (Å²) >= 11 is 0. The number of aryl methyl sites for hydroxylation is 1. The predicted molar refractivity (Wildman–Crippen MR) is 93.2 cm³/mol. The number of ether oxygens (including phenoxy) is 1. The summed E-state index contributed by atoms with van der Waals surface area (Å²) in [6.45, 7) is 3.37. The third kappa shape index (κ3) is 4.06. The first-order chi connectivity index (χ1) is 11.6. The summed E-state index contributed by atoms with van der Waals surface area (Å²) in [7, 11) is 0. The second-order valence-electron chi connectivity index (χ2n) is 6.09. The van der Waals surface area contributed by atoms with Crippen LogP contribution in [0.1, 0.15) is 17.5 Å². The standard InChI is InChI=1S/C19H22N2O3/c1-14-7-8-17(20-19(23)21-10-9-16(22)12-21)18(11-14)24-13-15-5-3-2-4-6-15/h2-8,11,16,22H,9-10,12-13H2,1H3,(H,20,23)/t16-/m1/s1. The van der Waals surface area contributed by atoms with Crippen molar-refractivity contribution in [2.45, 2.75) is 26.1 Å². The molecule has 0 aromatic heterocycles. The molecule has 1 heterocycles. The summed E-state index contributed by atoms with van der Waals surface area (Å²) in [6, 6.07) is 15.4. The fourth-order valence-corrected chi connectivity index (χ4v) is 2.71. The molecule has 0 aliphatic carbocycles. The van der Waals surface area contributed by atoms with Gasteiger partial charge < -0.3 is 20.1 Å². The van der Waals surface area contributed by atoms with Gasteiger partial charge in [-0.05, 0) is 36.6 Å². The first kappa shape index (κ1) is 16.3. The van der Waals surface area contributed by atoms with Crippen molar-refractivity contribution >= 4 is 11.7 Å². The van der Waals surface area contributed by atoms with Crippen molar-refractivity contribution in [2.24, 2.45) is 0 Å². The molecule has 0 bridgehead atoms. The summed E-state index contributed by atoms with van der Waals surface area (Å²) in [5, 5.41) is 12.5. The van der Waals surface area contributed by atoms with Crippen LogP contribution in [0.15, 0.2) is 48.5 Å². The third-order valence-corrected chi connectivity index (χ3v) is 4.07. The first-order valence-electron chi connectivity index (χ1n) is 8.13. The Kier molecular flexibility index (Phi) is 5.01. The number of urea groups is 1. The largest absolute Gasteiger partial charge is 0.487 e. The number of aliphatic hydroxyl groups excluding tert-OH is 1. The quantitative estimate of drug-likeness (QED) is 0.907. The lowest BCUT2D eigenvalue weighted by Gasteiger charge is -2.19. The second-order valence-corrected chi connectivity index (χ2v) is 6.09. The molecule has 0 radical (unpaired) electrons. The fraction of sp³-hybridized carbons (Fsp3) is 0.316. The minimum Gasteiger partial charge on any atom is -0.487 e. The Balaban J connectivity index is 1.69. The van der Waals surface area contributed by atoms with E-state index >= 15 is 0 Å². The van der Waals surface area contributed by atoms with Crippen LogP contribution in [0, 0.1) is 6.92 Å². The summed E-state index contributed by atoms with van der Waals surface area (Å²) in [5.41, 5.74) is 2.77. The molecule has 3 rings (SSSR count). The Morgan fingerprint density at radius 1 is 1.29 bits per heavy atom. The zero-order chi connectivity index (χ0) is 16.9. The molecule has 5 heteroatoms. The molecule has 24 heavy (non-hydrogen) atoms. The van der Waals surface area contributed by atoms with Crippen LogP contribution in [-0.2, 0) is 6.61 Å². The van der Waals surface area contributed by atoms with Gasteiger partial charge in [-0.2, -0.15) is 0 Å². The van der Waals surface area contributed by atoms with Gasteiger partial charge in [-0.25, -0.2) is 4.79 Å². The molecule has 1 saturated heterocycles. The molecule has 0 saturated carbocycles. The van der Waals surface area contributed by atoms with Gasteiger partial charge in [-0.1, -0.05) is 36.4 Å². The monoisotopic (exact) mass is 326 g/mol. The van der Waals surface area contributed by atoms with Crippen LogP contribution in [0.2, 0.25) is 0 Å². The Morgan fingerprint density at radius 3 is 2.79 bits per heavy atom. The number of nitrogens with zero attached hydrogens (tertiary/aromatic N) is 1. The maximum atomic E-state index is 12.3. The minimum atomic E-state index is -0.428. The smallest absolute Gasteiger partial charge is 0.322 e. The number of nitrogens with one attached hydrogen (secondary N) is 1. The second kappa shape index (κ2) is 7.36. The van der Waals surface area contributed by atoms with Crippen LogP contribution in [-0.4, -0.2) is 35.2 Å². The number of rotatable bonds is 4. The molecule has 0 spiro atoms. The van der Waals surface area contributed by atoms with Crippen molar-refractivity contribution < 1.29 is 14.6 Å². The lowest BCUT2D eigenvalue weighted by Crippen LogP contribution is -2.33. The average Bonchev–Trinajstić information content (AvgIpc) is 3.02. The molecular weight excluding hydrogens is 304 g/mol. The molecule has 2 aromatic rings. The normalized spacial score (nSPS) is 16.9. The van der Waals surface area contributed by atoms with E-state index in [1.54, 1.807) is 4.90 Å². The highest BCUT2D eigenvalue weighted by Gasteiger charge is 2.25. The Morgan fingerprint density at radius 2 is 2.08 bits per heavy atom. The van der Waals surface area contributed by atoms with Gasteiger partial charge in [0.15, 0.2) is 0 Å². The van der Waals surface area contributed by atoms with Crippen molar-refractivity contribution in [3.05, 3.63) is 59.7 Å². The van der Waals surface area contributed by atoms with Gasteiger partial charge in [0.05, 0.1) is 11.8 Å². The Bertz CT molecular complexity index is 703. The molecule has 1 fully saturated rings. The molecule has 2 amide bonds. The highest BCUT2D eigenvalue weighted by molar-refractivity contribution is 5.91. The van der Waals surface area contributed by atoms with E-state index < -0.39 is 6.10 Å². The number of hydrogen-bond acceptors (Lipinski definition) is 3. The van der Waals surface area contributed by atoms with Crippen molar-refractivity contribution in [3.63, 3.8) is 0 Å². The highest BCUT2D eigenvalue weighted by Crippen LogP contribution is 2.27. The van der Waals surface area contributed by atoms with E-state index in [0.29, 0.717) is 37.6 Å². The van der Waals surface area contributed by atoms with E-state index in [9.17, 15) is 9.90 Å². The topological polar surface area (TPSA) is 61.8 Å². The molecule has 1 atom stereocenters. The molecule has 5 nitrogen and oxygen atoms in total. The van der Waals surface area contributed by atoms with Gasteiger partial charge in [0.2, 0.25) is 0 Å². The zero-order valence-electron chi connectivity index (χ0n) is 13.7. The Hall–Kier alpha value is -2.53. The minimum absolute atomic E-state index is 0.208. The van der Waals surface area contributed by atoms with E-state index in [1.807, 2.05) is 55.5 Å². The van der Waals surface area contributed by atoms with Gasteiger partial charge in [0, 0.05) is 13.1 Å². The number of likely N-dealkylation sites (tertiary alicyclic amines) is 1. The van der Waals surface area contributed by atoms with Crippen LogP contribution >= 0.6 is 0 Å². The van der Waals surface area contributed by atoms with Crippen LogP contribution in [0.4, 0.5) is 10.5 Å². The molecule has 1 aliphatic rings. The molecule has 1 aliphatic heterocycles.